The Hall–Kier alpha value is -8.01. The first-order chi connectivity index (χ1) is 31.7. The molecule has 0 spiro atoms. The van der Waals surface area contributed by atoms with E-state index in [0.29, 0.717) is 0 Å². The van der Waals surface area contributed by atoms with E-state index in [4.69, 9.17) is 4.98 Å². The molecule has 3 nitrogen and oxygen atoms in total. The number of aryl methyl sites for hydroxylation is 4. The van der Waals surface area contributed by atoms with Crippen LogP contribution in [0.4, 0.5) is 0 Å². The molecule has 0 aliphatic rings. The van der Waals surface area contributed by atoms with Crippen LogP contribution in [0.25, 0.3) is 78.3 Å². The van der Waals surface area contributed by atoms with Crippen LogP contribution in [0, 0.1) is 0 Å². The van der Waals surface area contributed by atoms with Crippen LogP contribution in [-0.4, -0.2) is 15.0 Å². The van der Waals surface area contributed by atoms with E-state index in [1.807, 2.05) is 42.9 Å². The van der Waals surface area contributed by atoms with E-state index in [9.17, 15) is 0 Å². The summed E-state index contributed by atoms with van der Waals surface area (Å²) < 4.78 is 0. The number of aromatic nitrogens is 3. The predicted molar refractivity (Wildman–Crippen MR) is 266 cm³/mol. The van der Waals surface area contributed by atoms with Crippen molar-refractivity contribution in [3.8, 4) is 78.3 Å². The lowest BCUT2D eigenvalue weighted by molar-refractivity contribution is 0.931. The molecular formula is C61H47N3. The topological polar surface area (TPSA) is 38.7 Å². The smallest absolute Gasteiger partial charge is 0.0702 e. The Labute approximate surface area is 376 Å². The first kappa shape index (κ1) is 40.1. The Bertz CT molecular complexity index is 2980. The molecule has 64 heavy (non-hydrogen) atoms. The first-order valence-electron chi connectivity index (χ1n) is 22.1. The molecule has 7 aromatic carbocycles. The van der Waals surface area contributed by atoms with Crippen molar-refractivity contribution in [1.82, 2.24) is 15.0 Å². The van der Waals surface area contributed by atoms with Crippen molar-refractivity contribution in [2.75, 3.05) is 0 Å². The van der Waals surface area contributed by atoms with Gasteiger partial charge in [-0.1, -0.05) is 182 Å². The highest BCUT2D eigenvalue weighted by Crippen LogP contribution is 2.35. The van der Waals surface area contributed by atoms with Crippen LogP contribution in [0.15, 0.2) is 237 Å². The molecule has 0 bridgehead atoms. The Kier molecular flexibility index (Phi) is 11.9. The summed E-state index contributed by atoms with van der Waals surface area (Å²) in [5, 5.41) is 0. The highest BCUT2D eigenvalue weighted by Gasteiger charge is 2.13. The molecule has 0 fully saturated rings. The minimum absolute atomic E-state index is 0.942. The van der Waals surface area contributed by atoms with Gasteiger partial charge in [-0.15, -0.1) is 0 Å². The second-order valence-corrected chi connectivity index (χ2v) is 16.4. The maximum Gasteiger partial charge on any atom is 0.0702 e. The summed E-state index contributed by atoms with van der Waals surface area (Å²) in [7, 11) is 0. The Morgan fingerprint density at radius 1 is 0.234 bits per heavy atom. The SMILES string of the molecule is c1ccc(-c2ccc(-c3cccc(-c4ccc(-c5ccccc5-c5cc(CCc6ccc(-c7ccccn7)cc6)cc(CCc6ccc(-c7ccccn7)cc6)c5)cn4)c3)cc2)cc1. The average Bonchev–Trinajstić information content (AvgIpc) is 3.38. The van der Waals surface area contributed by atoms with Crippen molar-refractivity contribution in [1.29, 1.82) is 0 Å². The van der Waals surface area contributed by atoms with E-state index in [-0.39, 0.29) is 0 Å². The third-order valence-electron chi connectivity index (χ3n) is 12.1. The largest absolute Gasteiger partial charge is 0.256 e. The van der Waals surface area contributed by atoms with E-state index in [2.05, 4.69) is 204 Å². The lowest BCUT2D eigenvalue weighted by Crippen LogP contribution is -1.98. The molecular weight excluding hydrogens is 775 g/mol. The van der Waals surface area contributed by atoms with Crippen molar-refractivity contribution >= 4 is 0 Å². The van der Waals surface area contributed by atoms with Gasteiger partial charge in [-0.2, -0.15) is 0 Å². The molecule has 10 rings (SSSR count). The van der Waals surface area contributed by atoms with Crippen LogP contribution in [0.3, 0.4) is 0 Å². The zero-order valence-electron chi connectivity index (χ0n) is 35.7. The van der Waals surface area contributed by atoms with Gasteiger partial charge in [-0.25, -0.2) is 0 Å². The van der Waals surface area contributed by atoms with E-state index in [0.717, 1.165) is 65.0 Å². The minimum atomic E-state index is 0.942. The molecule has 306 valence electrons. The van der Waals surface area contributed by atoms with Crippen LogP contribution in [-0.2, 0) is 25.7 Å². The summed E-state index contributed by atoms with van der Waals surface area (Å²) in [5.41, 5.74) is 21.1. The number of hydrogen-bond acceptors (Lipinski definition) is 3. The molecule has 0 aliphatic carbocycles. The van der Waals surface area contributed by atoms with Gasteiger partial charge in [-0.05, 0) is 123 Å². The van der Waals surface area contributed by atoms with Crippen LogP contribution >= 0.6 is 0 Å². The Morgan fingerprint density at radius 2 is 0.672 bits per heavy atom. The van der Waals surface area contributed by atoms with Crippen molar-refractivity contribution in [2.45, 2.75) is 25.7 Å². The van der Waals surface area contributed by atoms with Gasteiger partial charge in [0, 0.05) is 40.8 Å². The van der Waals surface area contributed by atoms with Crippen LogP contribution in [0.2, 0.25) is 0 Å². The third kappa shape index (κ3) is 9.40. The molecule has 0 atom stereocenters. The van der Waals surface area contributed by atoms with E-state index < -0.39 is 0 Å². The van der Waals surface area contributed by atoms with Crippen molar-refractivity contribution in [3.63, 3.8) is 0 Å². The quantitative estimate of drug-likeness (QED) is 0.116. The summed E-state index contributed by atoms with van der Waals surface area (Å²) >= 11 is 0. The van der Waals surface area contributed by atoms with Crippen molar-refractivity contribution in [2.24, 2.45) is 0 Å². The highest BCUT2D eigenvalue weighted by molar-refractivity contribution is 5.84. The molecule has 3 heteroatoms. The van der Waals surface area contributed by atoms with Gasteiger partial charge in [0.1, 0.15) is 0 Å². The first-order valence-corrected chi connectivity index (χ1v) is 22.1. The van der Waals surface area contributed by atoms with Crippen molar-refractivity contribution < 1.29 is 0 Å². The normalized spacial score (nSPS) is 11.1. The molecule has 0 radical (unpaired) electrons. The summed E-state index contributed by atoms with van der Waals surface area (Å²) in [5.74, 6) is 0. The summed E-state index contributed by atoms with van der Waals surface area (Å²) in [6.45, 7) is 0. The molecule has 3 aromatic heterocycles. The summed E-state index contributed by atoms with van der Waals surface area (Å²) in [6, 6.07) is 78.2. The zero-order valence-corrected chi connectivity index (χ0v) is 35.7. The van der Waals surface area contributed by atoms with Crippen molar-refractivity contribution in [3.05, 3.63) is 259 Å². The van der Waals surface area contributed by atoms with Gasteiger partial charge in [0.05, 0.1) is 17.1 Å². The van der Waals surface area contributed by atoms with Crippen LogP contribution in [0.1, 0.15) is 22.3 Å². The zero-order chi connectivity index (χ0) is 42.9. The molecule has 10 aromatic rings. The molecule has 3 heterocycles. The monoisotopic (exact) mass is 821 g/mol. The van der Waals surface area contributed by atoms with Gasteiger partial charge < -0.3 is 0 Å². The van der Waals surface area contributed by atoms with E-state index in [1.165, 1.54) is 61.2 Å². The Balaban J connectivity index is 0.910. The lowest BCUT2D eigenvalue weighted by atomic mass is 9.90. The molecule has 0 amide bonds. The minimum Gasteiger partial charge on any atom is -0.256 e. The third-order valence-corrected chi connectivity index (χ3v) is 12.1. The molecule has 0 saturated carbocycles. The molecule has 0 aliphatic heterocycles. The van der Waals surface area contributed by atoms with E-state index in [1.54, 1.807) is 0 Å². The van der Waals surface area contributed by atoms with Crippen LogP contribution < -0.4 is 0 Å². The lowest BCUT2D eigenvalue weighted by Gasteiger charge is -2.15. The number of benzene rings is 7. The second-order valence-electron chi connectivity index (χ2n) is 16.4. The maximum atomic E-state index is 5.05. The number of pyridine rings is 3. The van der Waals surface area contributed by atoms with Gasteiger partial charge in [0.2, 0.25) is 0 Å². The summed E-state index contributed by atoms with van der Waals surface area (Å²) in [4.78, 5) is 14.1. The number of nitrogens with zero attached hydrogens (tertiary/aromatic N) is 3. The highest BCUT2D eigenvalue weighted by atomic mass is 14.7. The van der Waals surface area contributed by atoms with Gasteiger partial charge >= 0.3 is 0 Å². The number of rotatable bonds is 13. The fraction of sp³-hybridized carbons (Fsp3) is 0.0656. The fourth-order valence-corrected chi connectivity index (χ4v) is 8.59. The fourth-order valence-electron chi connectivity index (χ4n) is 8.59. The van der Waals surface area contributed by atoms with Gasteiger partial charge in [0.25, 0.3) is 0 Å². The van der Waals surface area contributed by atoms with Crippen LogP contribution in [0.5, 0.6) is 0 Å². The maximum absolute atomic E-state index is 5.05. The second kappa shape index (κ2) is 18.9. The summed E-state index contributed by atoms with van der Waals surface area (Å²) in [6.07, 6.45) is 9.52. The van der Waals surface area contributed by atoms with Gasteiger partial charge in [-0.3, -0.25) is 15.0 Å². The standard InChI is InChI=1S/C61H47N3/c1-2-11-48(12-3-1)49-31-33-50(34-32-49)53-13-10-14-54(42-53)61-36-35-55(43-64-61)57-15-4-5-16-58(57)56-40-46(21-19-44-23-27-51(28-24-44)59-17-6-8-37-62-59)39-47(41-56)22-20-45-25-29-52(30-26-45)60-18-7-9-38-63-60/h1-18,23-43H,19-22H2. The predicted octanol–water partition coefficient (Wildman–Crippen LogP) is 15.1. The molecule has 0 unspecified atom stereocenters. The number of hydrogen-bond donors (Lipinski definition) is 0. The van der Waals surface area contributed by atoms with Gasteiger partial charge in [0.15, 0.2) is 0 Å². The molecule has 0 saturated heterocycles. The average molecular weight is 822 g/mol. The Morgan fingerprint density at radius 3 is 1.22 bits per heavy atom. The molecule has 0 N–H and O–H groups in total. The van der Waals surface area contributed by atoms with E-state index >= 15 is 0 Å².